The highest BCUT2D eigenvalue weighted by atomic mass is 16.3. The van der Waals surface area contributed by atoms with E-state index in [1.807, 2.05) is 18.3 Å². The van der Waals surface area contributed by atoms with E-state index >= 15 is 0 Å². The molecule has 0 aliphatic rings. The highest BCUT2D eigenvalue weighted by molar-refractivity contribution is 5.37. The fourth-order valence-corrected chi connectivity index (χ4v) is 1.18. The molecule has 2 heterocycles. The number of aromatic nitrogens is 3. The molecule has 4 nitrogen and oxygen atoms in total. The van der Waals surface area contributed by atoms with Gasteiger partial charge < -0.3 is 5.11 Å². The molecule has 0 aliphatic carbocycles. The zero-order chi connectivity index (χ0) is 9.10. The van der Waals surface area contributed by atoms with Gasteiger partial charge in [0, 0.05) is 30.4 Å². The number of rotatable bonds is 2. The molecule has 0 unspecified atom stereocenters. The lowest BCUT2D eigenvalue weighted by atomic mass is 10.2. The van der Waals surface area contributed by atoms with Crippen molar-refractivity contribution in [2.75, 3.05) is 0 Å². The number of aliphatic hydroxyl groups is 1. The van der Waals surface area contributed by atoms with Crippen LogP contribution in [-0.2, 0) is 6.61 Å². The second-order valence-electron chi connectivity index (χ2n) is 2.61. The first kappa shape index (κ1) is 7.94. The third kappa shape index (κ3) is 1.43. The lowest BCUT2D eigenvalue weighted by Gasteiger charge is -2.05. The third-order valence-electron chi connectivity index (χ3n) is 1.80. The van der Waals surface area contributed by atoms with Crippen molar-refractivity contribution >= 4 is 0 Å². The van der Waals surface area contributed by atoms with Crippen molar-refractivity contribution in [3.05, 3.63) is 42.5 Å². The maximum absolute atomic E-state index is 9.04. The minimum absolute atomic E-state index is 0.0248. The molecule has 0 saturated carbocycles. The summed E-state index contributed by atoms with van der Waals surface area (Å²) in [6.07, 6.45) is 6.84. The summed E-state index contributed by atoms with van der Waals surface area (Å²) >= 11 is 0. The topological polar surface area (TPSA) is 50.9 Å². The van der Waals surface area contributed by atoms with Crippen molar-refractivity contribution in [2.45, 2.75) is 6.61 Å². The molecule has 4 heteroatoms. The van der Waals surface area contributed by atoms with Gasteiger partial charge in [-0.3, -0.25) is 4.98 Å². The van der Waals surface area contributed by atoms with Gasteiger partial charge in [-0.15, -0.1) is 0 Å². The van der Waals surface area contributed by atoms with E-state index in [4.69, 9.17) is 5.11 Å². The smallest absolute Gasteiger partial charge is 0.0731 e. The minimum atomic E-state index is -0.0248. The van der Waals surface area contributed by atoms with Crippen molar-refractivity contribution in [2.24, 2.45) is 0 Å². The molecule has 0 aromatic carbocycles. The van der Waals surface area contributed by atoms with Crippen molar-refractivity contribution < 1.29 is 5.11 Å². The molecule has 66 valence electrons. The summed E-state index contributed by atoms with van der Waals surface area (Å²) in [6, 6.07) is 3.65. The Morgan fingerprint density at radius 3 is 3.00 bits per heavy atom. The van der Waals surface area contributed by atoms with Gasteiger partial charge in [0.2, 0.25) is 0 Å². The summed E-state index contributed by atoms with van der Waals surface area (Å²) in [5.41, 5.74) is 1.63. The molecular formula is C9H9N3O. The van der Waals surface area contributed by atoms with E-state index < -0.39 is 0 Å². The molecule has 0 radical (unpaired) electrons. The summed E-state index contributed by atoms with van der Waals surface area (Å²) in [5, 5.41) is 13.1. The number of hydrogen-bond acceptors (Lipinski definition) is 3. The van der Waals surface area contributed by atoms with Crippen LogP contribution in [0.2, 0.25) is 0 Å². The van der Waals surface area contributed by atoms with Crippen LogP contribution in [0.5, 0.6) is 0 Å². The van der Waals surface area contributed by atoms with Crippen LogP contribution in [0, 0.1) is 0 Å². The molecule has 0 aliphatic heterocycles. The predicted molar refractivity (Wildman–Crippen MR) is 47.3 cm³/mol. The van der Waals surface area contributed by atoms with E-state index in [1.165, 1.54) is 0 Å². The fraction of sp³-hybridized carbons (Fsp3) is 0.111. The lowest BCUT2D eigenvalue weighted by Crippen LogP contribution is -2.00. The molecule has 0 saturated heterocycles. The van der Waals surface area contributed by atoms with E-state index in [-0.39, 0.29) is 6.61 Å². The Balaban J connectivity index is 2.51. The van der Waals surface area contributed by atoms with E-state index in [9.17, 15) is 0 Å². The normalized spacial score (nSPS) is 10.2. The first-order chi connectivity index (χ1) is 6.42. The Bertz CT molecular complexity index is 384. The van der Waals surface area contributed by atoms with Gasteiger partial charge in [-0.1, -0.05) is 0 Å². The van der Waals surface area contributed by atoms with E-state index in [0.717, 1.165) is 11.3 Å². The van der Waals surface area contributed by atoms with Gasteiger partial charge in [-0.05, 0) is 12.1 Å². The van der Waals surface area contributed by atoms with Gasteiger partial charge in [0.25, 0.3) is 0 Å². The van der Waals surface area contributed by atoms with Gasteiger partial charge in [0.15, 0.2) is 0 Å². The van der Waals surface area contributed by atoms with E-state index in [1.54, 1.807) is 23.3 Å². The Labute approximate surface area is 75.5 Å². The molecule has 2 aromatic rings. The first-order valence-corrected chi connectivity index (χ1v) is 3.95. The average molecular weight is 175 g/mol. The van der Waals surface area contributed by atoms with Gasteiger partial charge in [0.05, 0.1) is 12.3 Å². The Morgan fingerprint density at radius 2 is 2.31 bits per heavy atom. The molecule has 2 aromatic heterocycles. The Kier molecular flexibility index (Phi) is 2.06. The SMILES string of the molecule is OCc1cnccc1-n1cccn1. The Hall–Kier alpha value is -1.68. The zero-order valence-corrected chi connectivity index (χ0v) is 6.96. The first-order valence-electron chi connectivity index (χ1n) is 3.95. The summed E-state index contributed by atoms with van der Waals surface area (Å²) < 4.78 is 1.70. The van der Waals surface area contributed by atoms with Crippen molar-refractivity contribution in [1.29, 1.82) is 0 Å². The van der Waals surface area contributed by atoms with Crippen LogP contribution < -0.4 is 0 Å². The number of pyridine rings is 1. The number of hydrogen-bond donors (Lipinski definition) is 1. The highest BCUT2D eigenvalue weighted by Crippen LogP contribution is 2.10. The fourth-order valence-electron chi connectivity index (χ4n) is 1.18. The van der Waals surface area contributed by atoms with Crippen LogP contribution in [0.1, 0.15) is 5.56 Å². The molecule has 1 N–H and O–H groups in total. The molecule has 13 heavy (non-hydrogen) atoms. The molecular weight excluding hydrogens is 166 g/mol. The molecule has 0 fully saturated rings. The van der Waals surface area contributed by atoms with Crippen LogP contribution in [-0.4, -0.2) is 19.9 Å². The second-order valence-corrected chi connectivity index (χ2v) is 2.61. The quantitative estimate of drug-likeness (QED) is 0.733. The zero-order valence-electron chi connectivity index (χ0n) is 6.96. The summed E-state index contributed by atoms with van der Waals surface area (Å²) in [5.74, 6) is 0. The maximum Gasteiger partial charge on any atom is 0.0731 e. The van der Waals surface area contributed by atoms with Gasteiger partial charge in [-0.25, -0.2) is 4.68 Å². The molecule has 0 atom stereocenters. The Morgan fingerprint density at radius 1 is 1.38 bits per heavy atom. The van der Waals surface area contributed by atoms with Crippen molar-refractivity contribution in [3.8, 4) is 5.69 Å². The van der Waals surface area contributed by atoms with Crippen LogP contribution in [0.15, 0.2) is 36.9 Å². The van der Waals surface area contributed by atoms with Gasteiger partial charge >= 0.3 is 0 Å². The highest BCUT2D eigenvalue weighted by Gasteiger charge is 2.02. The standard InChI is InChI=1S/C9H9N3O/c13-7-8-6-10-4-2-9(8)12-5-1-3-11-12/h1-6,13H,7H2. The summed E-state index contributed by atoms with van der Waals surface area (Å²) in [6.45, 7) is -0.0248. The van der Waals surface area contributed by atoms with Crippen LogP contribution in [0.3, 0.4) is 0 Å². The van der Waals surface area contributed by atoms with E-state index in [0.29, 0.717) is 0 Å². The van der Waals surface area contributed by atoms with Gasteiger partial charge in [-0.2, -0.15) is 5.10 Å². The largest absolute Gasteiger partial charge is 0.392 e. The average Bonchev–Trinajstić information content (AvgIpc) is 2.70. The number of aliphatic hydroxyl groups excluding tert-OH is 1. The van der Waals surface area contributed by atoms with Crippen LogP contribution in [0.4, 0.5) is 0 Å². The molecule has 0 bridgehead atoms. The number of nitrogens with zero attached hydrogens (tertiary/aromatic N) is 3. The molecule has 2 rings (SSSR count). The maximum atomic E-state index is 9.04. The predicted octanol–water partition coefficient (Wildman–Crippen LogP) is 0.760. The van der Waals surface area contributed by atoms with Crippen LogP contribution >= 0.6 is 0 Å². The molecule has 0 amide bonds. The third-order valence-corrected chi connectivity index (χ3v) is 1.80. The van der Waals surface area contributed by atoms with Crippen molar-refractivity contribution in [3.63, 3.8) is 0 Å². The van der Waals surface area contributed by atoms with Gasteiger partial charge in [0.1, 0.15) is 0 Å². The van der Waals surface area contributed by atoms with Crippen molar-refractivity contribution in [1.82, 2.24) is 14.8 Å². The van der Waals surface area contributed by atoms with E-state index in [2.05, 4.69) is 10.1 Å². The summed E-state index contributed by atoms with van der Waals surface area (Å²) in [7, 11) is 0. The second kappa shape index (κ2) is 3.37. The van der Waals surface area contributed by atoms with Crippen LogP contribution in [0.25, 0.3) is 5.69 Å². The lowest BCUT2D eigenvalue weighted by molar-refractivity contribution is 0.281. The monoisotopic (exact) mass is 175 g/mol. The minimum Gasteiger partial charge on any atom is -0.392 e. The summed E-state index contributed by atoms with van der Waals surface area (Å²) in [4.78, 5) is 3.92. The molecule has 0 spiro atoms.